The van der Waals surface area contributed by atoms with Gasteiger partial charge in [-0.1, -0.05) is 19.8 Å². The van der Waals surface area contributed by atoms with E-state index in [4.69, 9.17) is 10.5 Å². The van der Waals surface area contributed by atoms with Crippen molar-refractivity contribution in [2.45, 2.75) is 44.6 Å². The van der Waals surface area contributed by atoms with Crippen molar-refractivity contribution in [2.24, 2.45) is 11.7 Å². The molecule has 0 aliphatic heterocycles. The van der Waals surface area contributed by atoms with E-state index in [0.29, 0.717) is 5.92 Å². The van der Waals surface area contributed by atoms with Gasteiger partial charge in [-0.3, -0.25) is 0 Å². The summed E-state index contributed by atoms with van der Waals surface area (Å²) < 4.78 is 30.7. The third-order valence-corrected chi connectivity index (χ3v) is 2.72. The van der Waals surface area contributed by atoms with Gasteiger partial charge in [0.1, 0.15) is 6.61 Å². The van der Waals surface area contributed by atoms with E-state index in [2.05, 4.69) is 6.92 Å². The van der Waals surface area contributed by atoms with Crippen LogP contribution in [-0.2, 0) is 4.74 Å². The number of ether oxygens (including phenoxy) is 1. The monoisotopic (exact) mass is 207 g/mol. The van der Waals surface area contributed by atoms with Crippen LogP contribution in [0.15, 0.2) is 0 Å². The molecule has 1 rings (SSSR count). The Morgan fingerprint density at radius 2 is 2.14 bits per heavy atom. The van der Waals surface area contributed by atoms with Crippen LogP contribution in [0.5, 0.6) is 0 Å². The quantitative estimate of drug-likeness (QED) is 0.766. The van der Waals surface area contributed by atoms with Gasteiger partial charge >= 0.3 is 0 Å². The van der Waals surface area contributed by atoms with Gasteiger partial charge in [0.25, 0.3) is 5.92 Å². The summed E-state index contributed by atoms with van der Waals surface area (Å²) >= 11 is 0. The molecular weight excluding hydrogens is 188 g/mol. The summed E-state index contributed by atoms with van der Waals surface area (Å²) in [5.74, 6) is -2.26. The Bertz CT molecular complexity index is 176. The first kappa shape index (κ1) is 11.9. The molecular formula is C10H19F2NO. The van der Waals surface area contributed by atoms with Crippen LogP contribution in [0, 0.1) is 5.92 Å². The first-order valence-electron chi connectivity index (χ1n) is 5.23. The SMILES string of the molecule is CC1CCCC(OCC(F)(F)CN)C1. The lowest BCUT2D eigenvalue weighted by Gasteiger charge is -2.28. The number of halogens is 2. The predicted octanol–water partition coefficient (Wildman–Crippen LogP) is 2.18. The van der Waals surface area contributed by atoms with Crippen molar-refractivity contribution in [1.82, 2.24) is 0 Å². The Kier molecular flexibility index (Phi) is 4.26. The van der Waals surface area contributed by atoms with Gasteiger partial charge in [0.05, 0.1) is 12.6 Å². The van der Waals surface area contributed by atoms with Crippen LogP contribution >= 0.6 is 0 Å². The third-order valence-electron chi connectivity index (χ3n) is 2.72. The molecule has 0 aromatic rings. The minimum Gasteiger partial charge on any atom is -0.372 e. The highest BCUT2D eigenvalue weighted by Crippen LogP contribution is 2.26. The molecule has 4 heteroatoms. The van der Waals surface area contributed by atoms with Crippen molar-refractivity contribution in [3.63, 3.8) is 0 Å². The summed E-state index contributed by atoms with van der Waals surface area (Å²) in [5, 5.41) is 0. The van der Waals surface area contributed by atoms with Gasteiger partial charge in [-0.2, -0.15) is 0 Å². The average Bonchev–Trinajstić information content (AvgIpc) is 2.15. The Morgan fingerprint density at radius 1 is 1.43 bits per heavy atom. The maximum Gasteiger partial charge on any atom is 0.282 e. The highest BCUT2D eigenvalue weighted by Gasteiger charge is 2.29. The van der Waals surface area contributed by atoms with E-state index in [1.807, 2.05) is 0 Å². The molecule has 0 aromatic carbocycles. The molecule has 2 N–H and O–H groups in total. The minimum absolute atomic E-state index is 0.0103. The van der Waals surface area contributed by atoms with Gasteiger partial charge in [-0.25, -0.2) is 8.78 Å². The maximum atomic E-state index is 12.8. The van der Waals surface area contributed by atoms with Crippen LogP contribution in [-0.4, -0.2) is 25.2 Å². The van der Waals surface area contributed by atoms with Crippen LogP contribution in [0.25, 0.3) is 0 Å². The fourth-order valence-electron chi connectivity index (χ4n) is 1.83. The molecule has 1 aliphatic rings. The summed E-state index contributed by atoms with van der Waals surface area (Å²) in [6.07, 6.45) is 4.09. The van der Waals surface area contributed by atoms with Crippen LogP contribution in [0.3, 0.4) is 0 Å². The molecule has 0 spiro atoms. The largest absolute Gasteiger partial charge is 0.372 e. The molecule has 2 nitrogen and oxygen atoms in total. The highest BCUT2D eigenvalue weighted by molar-refractivity contribution is 4.73. The van der Waals surface area contributed by atoms with E-state index in [9.17, 15) is 8.78 Å². The number of hydrogen-bond acceptors (Lipinski definition) is 2. The molecule has 0 aromatic heterocycles. The average molecular weight is 207 g/mol. The lowest BCUT2D eigenvalue weighted by molar-refractivity contribution is -0.103. The standard InChI is InChI=1S/C10H19F2NO/c1-8-3-2-4-9(5-8)14-7-10(11,12)6-13/h8-9H,2-7,13H2,1H3. The van der Waals surface area contributed by atoms with E-state index in [0.717, 1.165) is 19.3 Å². The van der Waals surface area contributed by atoms with Crippen LogP contribution in [0.2, 0.25) is 0 Å². The normalized spacial score (nSPS) is 29.1. The summed E-state index contributed by atoms with van der Waals surface area (Å²) in [7, 11) is 0. The Labute approximate surface area is 83.8 Å². The van der Waals surface area contributed by atoms with Crippen molar-refractivity contribution >= 4 is 0 Å². The molecule has 14 heavy (non-hydrogen) atoms. The molecule has 84 valence electrons. The van der Waals surface area contributed by atoms with Crippen LogP contribution < -0.4 is 5.73 Å². The van der Waals surface area contributed by atoms with E-state index < -0.39 is 19.1 Å². The van der Waals surface area contributed by atoms with Crippen molar-refractivity contribution in [3.05, 3.63) is 0 Å². The maximum absolute atomic E-state index is 12.8. The van der Waals surface area contributed by atoms with Gasteiger partial charge in [0.2, 0.25) is 0 Å². The molecule has 2 atom stereocenters. The first-order valence-corrected chi connectivity index (χ1v) is 5.23. The molecule has 0 heterocycles. The van der Waals surface area contributed by atoms with E-state index in [1.54, 1.807) is 0 Å². The van der Waals surface area contributed by atoms with E-state index >= 15 is 0 Å². The van der Waals surface area contributed by atoms with Crippen molar-refractivity contribution in [1.29, 1.82) is 0 Å². The number of rotatable bonds is 4. The highest BCUT2D eigenvalue weighted by atomic mass is 19.3. The van der Waals surface area contributed by atoms with Gasteiger partial charge in [0.15, 0.2) is 0 Å². The molecule has 1 fully saturated rings. The second kappa shape index (κ2) is 5.03. The van der Waals surface area contributed by atoms with Gasteiger partial charge in [0, 0.05) is 0 Å². The predicted molar refractivity (Wildman–Crippen MR) is 51.4 cm³/mol. The molecule has 1 aliphatic carbocycles. The topological polar surface area (TPSA) is 35.2 Å². The number of hydrogen-bond donors (Lipinski definition) is 1. The Morgan fingerprint density at radius 3 is 2.71 bits per heavy atom. The molecule has 0 radical (unpaired) electrons. The fraction of sp³-hybridized carbons (Fsp3) is 1.00. The molecule has 0 saturated heterocycles. The summed E-state index contributed by atoms with van der Waals surface area (Å²) in [6.45, 7) is 0.979. The zero-order chi connectivity index (χ0) is 10.6. The van der Waals surface area contributed by atoms with Crippen molar-refractivity contribution in [3.8, 4) is 0 Å². The Balaban J connectivity index is 2.23. The molecule has 0 bridgehead atoms. The van der Waals surface area contributed by atoms with E-state index in [-0.39, 0.29) is 6.10 Å². The molecule has 1 saturated carbocycles. The number of nitrogens with two attached hydrogens (primary N) is 1. The fourth-order valence-corrected chi connectivity index (χ4v) is 1.83. The third kappa shape index (κ3) is 3.88. The van der Waals surface area contributed by atoms with Crippen molar-refractivity contribution in [2.75, 3.05) is 13.2 Å². The Hall–Kier alpha value is -0.220. The number of alkyl halides is 2. The lowest BCUT2D eigenvalue weighted by Crippen LogP contribution is -2.35. The smallest absolute Gasteiger partial charge is 0.282 e. The minimum atomic E-state index is -2.86. The first-order chi connectivity index (χ1) is 6.53. The zero-order valence-corrected chi connectivity index (χ0v) is 8.64. The summed E-state index contributed by atoms with van der Waals surface area (Å²) in [4.78, 5) is 0. The van der Waals surface area contributed by atoms with E-state index in [1.165, 1.54) is 6.42 Å². The van der Waals surface area contributed by atoms with Gasteiger partial charge in [-0.15, -0.1) is 0 Å². The molecule has 0 amide bonds. The van der Waals surface area contributed by atoms with Gasteiger partial charge < -0.3 is 10.5 Å². The van der Waals surface area contributed by atoms with Crippen LogP contribution in [0.4, 0.5) is 8.78 Å². The van der Waals surface area contributed by atoms with Crippen LogP contribution in [0.1, 0.15) is 32.6 Å². The lowest BCUT2D eigenvalue weighted by atomic mass is 9.89. The summed E-state index contributed by atoms with van der Waals surface area (Å²) in [5.41, 5.74) is 4.92. The van der Waals surface area contributed by atoms with Crippen molar-refractivity contribution < 1.29 is 13.5 Å². The second-order valence-corrected chi connectivity index (χ2v) is 4.26. The molecule has 2 unspecified atom stereocenters. The zero-order valence-electron chi connectivity index (χ0n) is 8.64. The second-order valence-electron chi connectivity index (χ2n) is 4.26. The summed E-state index contributed by atoms with van der Waals surface area (Å²) in [6, 6.07) is 0. The van der Waals surface area contributed by atoms with Gasteiger partial charge in [-0.05, 0) is 18.8 Å².